The largest absolute Gasteiger partial charge is 0.399 e. The predicted octanol–water partition coefficient (Wildman–Crippen LogP) is 6.46. The van der Waals surface area contributed by atoms with E-state index in [1.54, 1.807) is 11.3 Å². The third kappa shape index (κ3) is 3.55. The van der Waals surface area contributed by atoms with Gasteiger partial charge in [0, 0.05) is 10.6 Å². The van der Waals surface area contributed by atoms with Crippen LogP contribution in [0.2, 0.25) is 10.0 Å². The molecule has 0 unspecified atom stereocenters. The first kappa shape index (κ1) is 16.4. The number of halogens is 2. The minimum Gasteiger partial charge on any atom is -0.399 e. The minimum absolute atomic E-state index is 0.594. The Labute approximate surface area is 150 Å². The van der Waals surface area contributed by atoms with Crippen molar-refractivity contribution in [2.24, 2.45) is 0 Å². The second-order valence-electron chi connectivity index (χ2n) is 5.47. The van der Waals surface area contributed by atoms with Gasteiger partial charge in [0.15, 0.2) is 0 Å². The molecule has 2 aromatic carbocycles. The first-order valence-corrected chi connectivity index (χ1v) is 9.11. The summed E-state index contributed by atoms with van der Waals surface area (Å²) in [6.07, 6.45) is 1.85. The molecule has 2 N–H and O–H groups in total. The second-order valence-corrected chi connectivity index (χ2v) is 7.17. The van der Waals surface area contributed by atoms with Gasteiger partial charge in [-0.15, -0.1) is 11.3 Å². The van der Waals surface area contributed by atoms with Gasteiger partial charge < -0.3 is 5.73 Å². The second kappa shape index (κ2) is 6.96. The average Bonchev–Trinajstić information content (AvgIpc) is 2.93. The van der Waals surface area contributed by atoms with Crippen LogP contribution in [0.5, 0.6) is 0 Å². The summed E-state index contributed by atoms with van der Waals surface area (Å²) in [7, 11) is 0. The van der Waals surface area contributed by atoms with Crippen molar-refractivity contribution in [1.82, 2.24) is 0 Å². The lowest BCUT2D eigenvalue weighted by atomic mass is 9.98. The van der Waals surface area contributed by atoms with Crippen LogP contribution in [0, 0.1) is 0 Å². The number of hydrogen-bond acceptors (Lipinski definition) is 2. The maximum Gasteiger partial charge on any atom is 0.0595 e. The molecule has 1 nitrogen and oxygen atoms in total. The highest BCUT2D eigenvalue weighted by Gasteiger charge is 2.13. The summed E-state index contributed by atoms with van der Waals surface area (Å²) < 4.78 is 0. The van der Waals surface area contributed by atoms with E-state index in [-0.39, 0.29) is 0 Å². The fourth-order valence-corrected chi connectivity index (χ4v) is 4.23. The van der Waals surface area contributed by atoms with Crippen LogP contribution in [0.3, 0.4) is 0 Å². The number of thiophene rings is 1. The summed E-state index contributed by atoms with van der Waals surface area (Å²) in [5.41, 5.74) is 11.8. The zero-order valence-corrected chi connectivity index (χ0v) is 15.1. The summed E-state index contributed by atoms with van der Waals surface area (Å²) in [5.74, 6) is 0. The number of nitrogens with two attached hydrogens (primary N) is 1. The quantitative estimate of drug-likeness (QED) is 0.530. The average molecular weight is 362 g/mol. The Hall–Kier alpha value is -1.48. The first-order chi connectivity index (χ1) is 11.1. The van der Waals surface area contributed by atoms with Crippen LogP contribution in [0.4, 0.5) is 5.69 Å². The zero-order valence-electron chi connectivity index (χ0n) is 12.8. The lowest BCUT2D eigenvalue weighted by molar-refractivity contribution is 1.08. The van der Waals surface area contributed by atoms with Gasteiger partial charge in [0.2, 0.25) is 0 Å². The van der Waals surface area contributed by atoms with Crippen LogP contribution in [0.25, 0.3) is 10.4 Å². The molecule has 23 heavy (non-hydrogen) atoms. The van der Waals surface area contributed by atoms with Gasteiger partial charge in [0.1, 0.15) is 0 Å². The normalized spacial score (nSPS) is 10.9. The minimum atomic E-state index is 0.594. The zero-order chi connectivity index (χ0) is 16.4. The van der Waals surface area contributed by atoms with E-state index in [0.717, 1.165) is 18.5 Å². The number of nitrogen functional groups attached to an aromatic ring is 1. The molecule has 0 amide bonds. The SMILES string of the molecule is CCc1c(Cc2ccc(Cl)c(Cl)c2)csc1-c1cccc(N)c1. The maximum absolute atomic E-state index is 6.13. The van der Waals surface area contributed by atoms with E-state index in [9.17, 15) is 0 Å². The smallest absolute Gasteiger partial charge is 0.0595 e. The van der Waals surface area contributed by atoms with E-state index in [0.29, 0.717) is 10.0 Å². The van der Waals surface area contributed by atoms with Gasteiger partial charge >= 0.3 is 0 Å². The molecule has 3 aromatic rings. The number of anilines is 1. The van der Waals surface area contributed by atoms with Crippen molar-refractivity contribution < 1.29 is 0 Å². The van der Waals surface area contributed by atoms with E-state index < -0.39 is 0 Å². The number of benzene rings is 2. The van der Waals surface area contributed by atoms with E-state index in [4.69, 9.17) is 28.9 Å². The number of hydrogen-bond donors (Lipinski definition) is 1. The van der Waals surface area contributed by atoms with Crippen molar-refractivity contribution in [2.45, 2.75) is 19.8 Å². The Morgan fingerprint density at radius 2 is 1.87 bits per heavy atom. The molecule has 0 atom stereocenters. The van der Waals surface area contributed by atoms with Gasteiger partial charge in [-0.2, -0.15) is 0 Å². The molecule has 3 rings (SSSR count). The highest BCUT2D eigenvalue weighted by atomic mass is 35.5. The molecule has 0 saturated carbocycles. The van der Waals surface area contributed by atoms with Crippen LogP contribution >= 0.6 is 34.5 Å². The van der Waals surface area contributed by atoms with Crippen LogP contribution in [0.15, 0.2) is 47.8 Å². The van der Waals surface area contributed by atoms with Crippen molar-refractivity contribution in [3.8, 4) is 10.4 Å². The van der Waals surface area contributed by atoms with Gasteiger partial charge in [0.25, 0.3) is 0 Å². The Morgan fingerprint density at radius 1 is 1.04 bits per heavy atom. The monoisotopic (exact) mass is 361 g/mol. The van der Waals surface area contributed by atoms with Crippen LogP contribution in [-0.2, 0) is 12.8 Å². The van der Waals surface area contributed by atoms with E-state index in [1.807, 2.05) is 36.4 Å². The molecule has 1 aromatic heterocycles. The van der Waals surface area contributed by atoms with Crippen LogP contribution in [-0.4, -0.2) is 0 Å². The summed E-state index contributed by atoms with van der Waals surface area (Å²) in [6, 6.07) is 13.9. The van der Waals surface area contributed by atoms with Gasteiger partial charge in [0.05, 0.1) is 10.0 Å². The molecule has 0 saturated heterocycles. The molecule has 0 spiro atoms. The molecule has 118 valence electrons. The first-order valence-electron chi connectivity index (χ1n) is 7.47. The summed E-state index contributed by atoms with van der Waals surface area (Å²) in [6.45, 7) is 2.19. The summed E-state index contributed by atoms with van der Waals surface area (Å²) >= 11 is 13.9. The Morgan fingerprint density at radius 3 is 2.57 bits per heavy atom. The standard InChI is InChI=1S/C19H17Cl2NS/c1-2-16-14(8-12-6-7-17(20)18(21)9-12)11-23-19(16)13-4-3-5-15(22)10-13/h3-7,9-11H,2,8,22H2,1H3. The topological polar surface area (TPSA) is 26.0 Å². The lowest BCUT2D eigenvalue weighted by Gasteiger charge is -2.07. The maximum atomic E-state index is 6.13. The van der Waals surface area contributed by atoms with Crippen LogP contribution in [0.1, 0.15) is 23.6 Å². The third-order valence-corrected chi connectivity index (χ3v) is 5.72. The molecule has 0 aliphatic heterocycles. The van der Waals surface area contributed by atoms with Gasteiger partial charge in [-0.25, -0.2) is 0 Å². The van der Waals surface area contributed by atoms with Gasteiger partial charge in [-0.3, -0.25) is 0 Å². The Balaban J connectivity index is 1.96. The molecule has 0 fully saturated rings. The molecule has 0 aliphatic carbocycles. The summed E-state index contributed by atoms with van der Waals surface area (Å²) in [5, 5.41) is 3.44. The Bertz CT molecular complexity index is 839. The van der Waals surface area contributed by atoms with E-state index >= 15 is 0 Å². The Kier molecular flexibility index (Phi) is 4.96. The molecule has 0 radical (unpaired) electrons. The highest BCUT2D eigenvalue weighted by molar-refractivity contribution is 7.14. The molecule has 4 heteroatoms. The van der Waals surface area contributed by atoms with Gasteiger partial charge in [-0.05, 0) is 64.7 Å². The van der Waals surface area contributed by atoms with Crippen molar-refractivity contribution in [2.75, 3.05) is 5.73 Å². The van der Waals surface area contributed by atoms with Gasteiger partial charge in [-0.1, -0.05) is 48.3 Å². The van der Waals surface area contributed by atoms with Crippen molar-refractivity contribution in [1.29, 1.82) is 0 Å². The van der Waals surface area contributed by atoms with Crippen molar-refractivity contribution in [3.05, 3.63) is 74.6 Å². The fourth-order valence-electron chi connectivity index (χ4n) is 2.75. The number of rotatable bonds is 4. The fraction of sp³-hybridized carbons (Fsp3) is 0.158. The summed E-state index contributed by atoms with van der Waals surface area (Å²) in [4.78, 5) is 1.30. The molecular weight excluding hydrogens is 345 g/mol. The molecular formula is C19H17Cl2NS. The predicted molar refractivity (Wildman–Crippen MR) is 103 cm³/mol. The molecule has 1 heterocycles. The van der Waals surface area contributed by atoms with Crippen molar-refractivity contribution >= 4 is 40.2 Å². The van der Waals surface area contributed by atoms with E-state index in [1.165, 1.54) is 27.1 Å². The lowest BCUT2D eigenvalue weighted by Crippen LogP contribution is -1.93. The van der Waals surface area contributed by atoms with Crippen molar-refractivity contribution in [3.63, 3.8) is 0 Å². The molecule has 0 bridgehead atoms. The van der Waals surface area contributed by atoms with Crippen LogP contribution < -0.4 is 5.73 Å². The molecule has 0 aliphatic rings. The highest BCUT2D eigenvalue weighted by Crippen LogP contribution is 2.35. The third-order valence-electron chi connectivity index (χ3n) is 3.86. The van der Waals surface area contributed by atoms with E-state index in [2.05, 4.69) is 18.4 Å².